The van der Waals surface area contributed by atoms with Gasteiger partial charge in [-0.15, -0.1) is 0 Å². The van der Waals surface area contributed by atoms with Gasteiger partial charge in [0.05, 0.1) is 11.9 Å². The third-order valence-corrected chi connectivity index (χ3v) is 3.87. The van der Waals surface area contributed by atoms with Crippen LogP contribution in [-0.4, -0.2) is 57.1 Å². The first kappa shape index (κ1) is 14.6. The Labute approximate surface area is 129 Å². The summed E-state index contributed by atoms with van der Waals surface area (Å²) in [5.41, 5.74) is 0.918. The summed E-state index contributed by atoms with van der Waals surface area (Å²) in [5, 5.41) is 0. The van der Waals surface area contributed by atoms with Gasteiger partial charge in [0.15, 0.2) is 5.82 Å². The van der Waals surface area contributed by atoms with E-state index in [1.807, 2.05) is 15.7 Å². The third kappa shape index (κ3) is 3.14. The Morgan fingerprint density at radius 1 is 1.41 bits per heavy atom. The lowest BCUT2D eigenvalue weighted by atomic mass is 9.95. The largest absolute Gasteiger partial charge is 0.375 e. The zero-order valence-electron chi connectivity index (χ0n) is 12.6. The lowest BCUT2D eigenvalue weighted by molar-refractivity contribution is -0.136. The highest BCUT2D eigenvalue weighted by atomic mass is 16.5. The molecule has 0 spiro atoms. The Morgan fingerprint density at radius 3 is 3.09 bits per heavy atom. The van der Waals surface area contributed by atoms with E-state index in [0.29, 0.717) is 6.54 Å². The topological polar surface area (TPSA) is 73.1 Å². The molecule has 1 aliphatic heterocycles. The lowest BCUT2D eigenvalue weighted by Crippen LogP contribution is -2.41. The molecule has 0 saturated carbocycles. The average molecular weight is 301 g/mol. The number of imidazole rings is 1. The number of hydrogen-bond donors (Lipinski definition) is 0. The first-order valence-corrected chi connectivity index (χ1v) is 7.35. The molecule has 1 atom stereocenters. The Hall–Kier alpha value is -2.28. The second kappa shape index (κ2) is 6.65. The molecule has 1 unspecified atom stereocenters. The maximum Gasteiger partial charge on any atom is 0.248 e. The van der Waals surface area contributed by atoms with E-state index in [1.165, 1.54) is 0 Å². The highest BCUT2D eigenvalue weighted by Crippen LogP contribution is 2.25. The van der Waals surface area contributed by atoms with E-state index >= 15 is 0 Å². The number of rotatable bonds is 4. The summed E-state index contributed by atoms with van der Waals surface area (Å²) in [6, 6.07) is 0. The number of aromatic nitrogens is 4. The van der Waals surface area contributed by atoms with Gasteiger partial charge in [-0.1, -0.05) is 0 Å². The van der Waals surface area contributed by atoms with E-state index in [4.69, 9.17) is 4.74 Å². The summed E-state index contributed by atoms with van der Waals surface area (Å²) in [6.45, 7) is 1.59. The lowest BCUT2D eigenvalue weighted by Gasteiger charge is -2.32. The van der Waals surface area contributed by atoms with Crippen molar-refractivity contribution >= 4 is 5.91 Å². The zero-order valence-corrected chi connectivity index (χ0v) is 12.6. The van der Waals surface area contributed by atoms with Gasteiger partial charge in [-0.3, -0.25) is 14.3 Å². The van der Waals surface area contributed by atoms with Gasteiger partial charge in [-0.05, 0) is 12.8 Å². The molecule has 2 aromatic heterocycles. The molecule has 116 valence electrons. The predicted octanol–water partition coefficient (Wildman–Crippen LogP) is 1.01. The molecule has 0 bridgehead atoms. The van der Waals surface area contributed by atoms with Crippen LogP contribution < -0.4 is 0 Å². The van der Waals surface area contributed by atoms with Crippen LogP contribution in [0.4, 0.5) is 0 Å². The fourth-order valence-electron chi connectivity index (χ4n) is 2.75. The van der Waals surface area contributed by atoms with Gasteiger partial charge in [-0.25, -0.2) is 9.97 Å². The highest BCUT2D eigenvalue weighted by molar-refractivity contribution is 5.77. The Kier molecular flexibility index (Phi) is 4.43. The van der Waals surface area contributed by atoms with Crippen LogP contribution in [0.1, 0.15) is 24.5 Å². The molecule has 2 aromatic rings. The van der Waals surface area contributed by atoms with Crippen molar-refractivity contribution in [1.82, 2.24) is 24.4 Å². The zero-order chi connectivity index (χ0) is 15.4. The Balaban J connectivity index is 1.76. The average Bonchev–Trinajstić information content (AvgIpc) is 3.10. The Morgan fingerprint density at radius 2 is 2.32 bits per heavy atom. The summed E-state index contributed by atoms with van der Waals surface area (Å²) in [6.07, 6.45) is 10.7. The highest BCUT2D eigenvalue weighted by Gasteiger charge is 2.25. The SMILES string of the molecule is COCC(=O)N1CCCC(c2cncc(-n3ccnc3)n2)C1. The molecule has 1 amide bonds. The summed E-state index contributed by atoms with van der Waals surface area (Å²) in [4.78, 5) is 26.8. The summed E-state index contributed by atoms with van der Waals surface area (Å²) < 4.78 is 6.76. The van der Waals surface area contributed by atoms with Gasteiger partial charge >= 0.3 is 0 Å². The van der Waals surface area contributed by atoms with Crippen LogP contribution in [0.3, 0.4) is 0 Å². The number of amides is 1. The first-order valence-electron chi connectivity index (χ1n) is 7.35. The van der Waals surface area contributed by atoms with E-state index in [0.717, 1.165) is 30.9 Å². The molecule has 3 heterocycles. The summed E-state index contributed by atoms with van der Waals surface area (Å²) in [5.74, 6) is 0.992. The van der Waals surface area contributed by atoms with Crippen molar-refractivity contribution in [2.45, 2.75) is 18.8 Å². The third-order valence-electron chi connectivity index (χ3n) is 3.87. The van der Waals surface area contributed by atoms with E-state index < -0.39 is 0 Å². The number of likely N-dealkylation sites (tertiary alicyclic amines) is 1. The van der Waals surface area contributed by atoms with E-state index in [-0.39, 0.29) is 18.4 Å². The molecular formula is C15H19N5O2. The number of methoxy groups -OCH3 is 1. The van der Waals surface area contributed by atoms with Crippen LogP contribution in [0.15, 0.2) is 31.1 Å². The van der Waals surface area contributed by atoms with E-state index in [9.17, 15) is 4.79 Å². The fraction of sp³-hybridized carbons (Fsp3) is 0.467. The minimum atomic E-state index is 0.0333. The van der Waals surface area contributed by atoms with Crippen molar-refractivity contribution in [3.05, 3.63) is 36.8 Å². The smallest absolute Gasteiger partial charge is 0.248 e. The van der Waals surface area contributed by atoms with Gasteiger partial charge in [0.25, 0.3) is 0 Å². The van der Waals surface area contributed by atoms with Crippen LogP contribution >= 0.6 is 0 Å². The molecular weight excluding hydrogens is 282 g/mol. The number of carbonyl (C=O) groups excluding carboxylic acids is 1. The monoisotopic (exact) mass is 301 g/mol. The van der Waals surface area contributed by atoms with Gasteiger partial charge in [0, 0.05) is 44.7 Å². The van der Waals surface area contributed by atoms with E-state index in [2.05, 4.69) is 15.0 Å². The van der Waals surface area contributed by atoms with Gasteiger partial charge < -0.3 is 9.64 Å². The molecule has 0 radical (unpaired) electrons. The van der Waals surface area contributed by atoms with Gasteiger partial charge in [0.2, 0.25) is 5.91 Å². The maximum atomic E-state index is 12.0. The molecule has 7 nitrogen and oxygen atoms in total. The minimum Gasteiger partial charge on any atom is -0.375 e. The molecule has 3 rings (SSSR count). The second-order valence-electron chi connectivity index (χ2n) is 5.38. The number of carbonyl (C=O) groups is 1. The van der Waals surface area contributed by atoms with Crippen molar-refractivity contribution < 1.29 is 9.53 Å². The van der Waals surface area contributed by atoms with Gasteiger partial charge in [-0.2, -0.15) is 0 Å². The van der Waals surface area contributed by atoms with Crippen molar-refractivity contribution in [3.63, 3.8) is 0 Å². The number of nitrogens with zero attached hydrogens (tertiary/aromatic N) is 5. The van der Waals surface area contributed by atoms with Gasteiger partial charge in [0.1, 0.15) is 12.9 Å². The van der Waals surface area contributed by atoms with Crippen LogP contribution in [0.5, 0.6) is 0 Å². The molecule has 7 heteroatoms. The number of hydrogen-bond acceptors (Lipinski definition) is 5. The molecule has 0 N–H and O–H groups in total. The summed E-state index contributed by atoms with van der Waals surface area (Å²) >= 11 is 0. The fourth-order valence-corrected chi connectivity index (χ4v) is 2.75. The first-order chi connectivity index (χ1) is 10.8. The molecule has 1 aliphatic rings. The molecule has 22 heavy (non-hydrogen) atoms. The molecule has 1 fully saturated rings. The van der Waals surface area contributed by atoms with Crippen molar-refractivity contribution in [3.8, 4) is 5.82 Å². The van der Waals surface area contributed by atoms with Crippen LogP contribution in [0.2, 0.25) is 0 Å². The normalized spacial score (nSPS) is 18.4. The predicted molar refractivity (Wildman–Crippen MR) is 79.6 cm³/mol. The maximum absolute atomic E-state index is 12.0. The second-order valence-corrected chi connectivity index (χ2v) is 5.38. The summed E-state index contributed by atoms with van der Waals surface area (Å²) in [7, 11) is 1.54. The standard InChI is InChI=1S/C15H19N5O2/c1-22-10-15(21)19-5-2-3-12(9-19)13-7-17-8-14(18-13)20-6-4-16-11-20/h4,6-8,11-12H,2-3,5,9-10H2,1H3. The number of piperidine rings is 1. The minimum absolute atomic E-state index is 0.0333. The van der Waals surface area contributed by atoms with Crippen LogP contribution in [0.25, 0.3) is 5.82 Å². The molecule has 0 aliphatic carbocycles. The Bertz CT molecular complexity index is 629. The van der Waals surface area contributed by atoms with Crippen LogP contribution in [-0.2, 0) is 9.53 Å². The van der Waals surface area contributed by atoms with Crippen molar-refractivity contribution in [2.75, 3.05) is 26.8 Å². The van der Waals surface area contributed by atoms with E-state index in [1.54, 1.807) is 32.0 Å². The van der Waals surface area contributed by atoms with Crippen molar-refractivity contribution in [2.24, 2.45) is 0 Å². The molecule has 1 saturated heterocycles. The molecule has 0 aromatic carbocycles. The van der Waals surface area contributed by atoms with Crippen molar-refractivity contribution in [1.29, 1.82) is 0 Å². The number of ether oxygens (including phenoxy) is 1. The quantitative estimate of drug-likeness (QED) is 0.843. The van der Waals surface area contributed by atoms with Crippen LogP contribution in [0, 0.1) is 0 Å².